The highest BCUT2D eigenvalue weighted by Gasteiger charge is 2.31. The molecular weight excluding hydrogens is 616 g/mol. The molecule has 3 N–H and O–H groups in total. The first-order chi connectivity index (χ1) is 22.0. The molecular formula is C33H27F2N5O5S. The molecule has 1 aliphatic heterocycles. The number of hydrogen-bond donors (Lipinski definition) is 2. The summed E-state index contributed by atoms with van der Waals surface area (Å²) < 4.78 is 69.5. The van der Waals surface area contributed by atoms with Crippen molar-refractivity contribution in [2.24, 2.45) is 5.73 Å². The van der Waals surface area contributed by atoms with Crippen LogP contribution in [0.15, 0.2) is 77.2 Å². The summed E-state index contributed by atoms with van der Waals surface area (Å²) in [5.41, 5.74) is 9.43. The number of ether oxygens (including phenoxy) is 1. The van der Waals surface area contributed by atoms with Gasteiger partial charge in [-0.25, -0.2) is 22.2 Å². The zero-order chi connectivity index (χ0) is 32.5. The number of benzene rings is 3. The number of carbonyl (C=O) groups is 1. The molecule has 4 heterocycles. The van der Waals surface area contributed by atoms with Gasteiger partial charge >= 0.3 is 0 Å². The van der Waals surface area contributed by atoms with Gasteiger partial charge in [0, 0.05) is 48.6 Å². The zero-order valence-electron chi connectivity index (χ0n) is 24.8. The first-order valence-electron chi connectivity index (χ1n) is 14.2. The van der Waals surface area contributed by atoms with Crippen molar-refractivity contribution < 1.29 is 31.1 Å². The number of nitrogens with two attached hydrogens (primary N) is 1. The van der Waals surface area contributed by atoms with Crippen LogP contribution in [0.25, 0.3) is 55.8 Å². The smallest absolute Gasteiger partial charge is 0.255 e. The summed E-state index contributed by atoms with van der Waals surface area (Å²) in [6.45, 7) is 0.119. The van der Waals surface area contributed by atoms with Crippen LogP contribution in [0.4, 0.5) is 14.5 Å². The largest absolute Gasteiger partial charge is 0.466 e. The molecule has 0 aliphatic carbocycles. The quantitative estimate of drug-likeness (QED) is 0.239. The topological polar surface area (TPSA) is 133 Å². The molecule has 0 unspecified atom stereocenters. The Morgan fingerprint density at radius 3 is 2.52 bits per heavy atom. The number of anilines is 1. The standard InChI is InChI=1S/C33H27F2N5O5S/c1-37-33(41)30-21-13-20(25(39(2)46(3,42)43)15-28(21)45-32(30)17-7-9-18(34)10-8-17)23-11-12-27-31(38-23)26-14-19-22(35)5-4-6-24(19)40(26)29(16-36)44-27/h4-15,29H,16,36H2,1-3H3,(H,37,41)/t29-/m0/s1. The number of sulfonamides is 1. The minimum atomic E-state index is -3.78. The van der Waals surface area contributed by atoms with Crippen LogP contribution in [0.3, 0.4) is 0 Å². The summed E-state index contributed by atoms with van der Waals surface area (Å²) in [5.74, 6) is -0.719. The number of amides is 1. The lowest BCUT2D eigenvalue weighted by molar-refractivity contribution is 0.0964. The molecule has 0 bridgehead atoms. The average Bonchev–Trinajstić information content (AvgIpc) is 3.63. The number of aromatic nitrogens is 2. The van der Waals surface area contributed by atoms with Crippen LogP contribution in [-0.4, -0.2) is 50.8 Å². The first kappa shape index (κ1) is 29.4. The first-order valence-corrected chi connectivity index (χ1v) is 16.1. The van der Waals surface area contributed by atoms with Crippen molar-refractivity contribution >= 4 is 43.5 Å². The van der Waals surface area contributed by atoms with Crippen LogP contribution in [0.5, 0.6) is 5.75 Å². The van der Waals surface area contributed by atoms with E-state index in [4.69, 9.17) is 19.9 Å². The number of carbonyl (C=O) groups excluding carboxylic acids is 1. The van der Waals surface area contributed by atoms with E-state index in [0.29, 0.717) is 50.2 Å². The number of fused-ring (bicyclic) bond motifs is 6. The summed E-state index contributed by atoms with van der Waals surface area (Å²) in [4.78, 5) is 18.2. The van der Waals surface area contributed by atoms with E-state index in [1.54, 1.807) is 41.0 Å². The lowest BCUT2D eigenvalue weighted by atomic mass is 10.0. The Kier molecular flexibility index (Phi) is 6.83. The van der Waals surface area contributed by atoms with Crippen molar-refractivity contribution in [2.45, 2.75) is 6.23 Å². The van der Waals surface area contributed by atoms with Gasteiger partial charge in [0.2, 0.25) is 10.0 Å². The Bertz CT molecular complexity index is 2320. The second kappa shape index (κ2) is 10.7. The van der Waals surface area contributed by atoms with E-state index in [-0.39, 0.29) is 29.1 Å². The summed E-state index contributed by atoms with van der Waals surface area (Å²) >= 11 is 0. The van der Waals surface area contributed by atoms with Crippen LogP contribution in [0, 0.1) is 11.6 Å². The van der Waals surface area contributed by atoms with Crippen molar-refractivity contribution in [1.29, 1.82) is 0 Å². The maximum Gasteiger partial charge on any atom is 0.255 e. The van der Waals surface area contributed by atoms with Crippen molar-refractivity contribution in [3.8, 4) is 39.7 Å². The van der Waals surface area contributed by atoms with Crippen LogP contribution in [-0.2, 0) is 10.0 Å². The van der Waals surface area contributed by atoms with E-state index in [2.05, 4.69) is 5.32 Å². The van der Waals surface area contributed by atoms with Gasteiger partial charge in [-0.1, -0.05) is 6.07 Å². The second-order valence-electron chi connectivity index (χ2n) is 10.9. The van der Waals surface area contributed by atoms with E-state index < -0.39 is 33.8 Å². The fourth-order valence-electron chi connectivity index (χ4n) is 5.87. The fourth-order valence-corrected chi connectivity index (χ4v) is 6.37. The maximum absolute atomic E-state index is 14.9. The molecule has 0 spiro atoms. The van der Waals surface area contributed by atoms with Gasteiger partial charge in [0.1, 0.15) is 34.4 Å². The van der Waals surface area contributed by atoms with Crippen molar-refractivity contribution in [3.05, 3.63) is 90.0 Å². The van der Waals surface area contributed by atoms with E-state index in [1.807, 2.05) is 0 Å². The van der Waals surface area contributed by atoms with Gasteiger partial charge in [0.25, 0.3) is 5.91 Å². The zero-order valence-corrected chi connectivity index (χ0v) is 25.7. The Balaban J connectivity index is 1.50. The third kappa shape index (κ3) is 4.58. The summed E-state index contributed by atoms with van der Waals surface area (Å²) in [6, 6.07) is 18.5. The molecule has 0 radical (unpaired) electrons. The van der Waals surface area contributed by atoms with E-state index in [9.17, 15) is 22.0 Å². The predicted molar refractivity (Wildman–Crippen MR) is 171 cm³/mol. The van der Waals surface area contributed by atoms with Crippen LogP contribution < -0.4 is 20.1 Å². The number of nitrogens with zero attached hydrogens (tertiary/aromatic N) is 3. The Morgan fingerprint density at radius 2 is 1.83 bits per heavy atom. The Morgan fingerprint density at radius 1 is 1.07 bits per heavy atom. The van der Waals surface area contributed by atoms with Crippen LogP contribution >= 0.6 is 0 Å². The third-order valence-corrected chi connectivity index (χ3v) is 9.35. The molecule has 7 rings (SSSR count). The minimum Gasteiger partial charge on any atom is -0.466 e. The molecule has 6 aromatic rings. The predicted octanol–water partition coefficient (Wildman–Crippen LogP) is 5.67. The summed E-state index contributed by atoms with van der Waals surface area (Å²) in [5, 5.41) is 3.38. The average molecular weight is 644 g/mol. The highest BCUT2D eigenvalue weighted by molar-refractivity contribution is 7.92. The van der Waals surface area contributed by atoms with Gasteiger partial charge in [-0.15, -0.1) is 0 Å². The SMILES string of the molecule is CNC(=O)c1c(-c2ccc(F)cc2)oc2cc(N(C)S(C)(=O)=O)c(-c3ccc4c(n3)-c3cc5c(F)cccc5n3[C@H](CN)O4)cc12. The molecule has 1 amide bonds. The van der Waals surface area contributed by atoms with E-state index >= 15 is 0 Å². The molecule has 10 nitrogen and oxygen atoms in total. The minimum absolute atomic E-state index is 0.119. The number of halogens is 2. The lowest BCUT2D eigenvalue weighted by Crippen LogP contribution is -2.28. The maximum atomic E-state index is 14.9. The Hall–Kier alpha value is -5.27. The molecule has 1 aliphatic rings. The number of rotatable bonds is 6. The number of hydrogen-bond acceptors (Lipinski definition) is 7. The van der Waals surface area contributed by atoms with Crippen molar-refractivity contribution in [3.63, 3.8) is 0 Å². The molecule has 234 valence electrons. The molecule has 13 heteroatoms. The van der Waals surface area contributed by atoms with E-state index in [0.717, 1.165) is 10.6 Å². The lowest BCUT2D eigenvalue weighted by Gasteiger charge is -2.29. The molecule has 0 fully saturated rings. The molecule has 46 heavy (non-hydrogen) atoms. The Labute approximate surface area is 262 Å². The fraction of sp³-hybridized carbons (Fsp3) is 0.152. The van der Waals surface area contributed by atoms with Crippen LogP contribution in [0.1, 0.15) is 16.6 Å². The number of pyridine rings is 1. The van der Waals surface area contributed by atoms with Gasteiger partial charge in [-0.05, 0) is 60.7 Å². The molecule has 3 aromatic heterocycles. The van der Waals surface area contributed by atoms with E-state index in [1.165, 1.54) is 50.5 Å². The van der Waals surface area contributed by atoms with Crippen molar-refractivity contribution in [1.82, 2.24) is 14.9 Å². The van der Waals surface area contributed by atoms with Crippen LogP contribution in [0.2, 0.25) is 0 Å². The molecule has 1 atom stereocenters. The highest BCUT2D eigenvalue weighted by atomic mass is 32.2. The monoisotopic (exact) mass is 643 g/mol. The van der Waals surface area contributed by atoms with Gasteiger partial charge < -0.3 is 24.8 Å². The summed E-state index contributed by atoms with van der Waals surface area (Å²) in [6.07, 6.45) is 0.459. The van der Waals surface area contributed by atoms with Gasteiger partial charge in [-0.2, -0.15) is 0 Å². The number of nitrogens with one attached hydrogen (secondary N) is 1. The summed E-state index contributed by atoms with van der Waals surface area (Å²) in [7, 11) is -0.900. The van der Waals surface area contributed by atoms with Gasteiger partial charge in [0.05, 0.1) is 34.4 Å². The molecule has 0 saturated carbocycles. The highest BCUT2D eigenvalue weighted by Crippen LogP contribution is 2.45. The molecule has 3 aromatic carbocycles. The second-order valence-corrected chi connectivity index (χ2v) is 12.9. The van der Waals surface area contributed by atoms with Crippen molar-refractivity contribution in [2.75, 3.05) is 31.2 Å². The normalized spacial score (nSPS) is 14.2. The van der Waals surface area contributed by atoms with Gasteiger partial charge in [0.15, 0.2) is 6.23 Å². The molecule has 0 saturated heterocycles. The van der Waals surface area contributed by atoms with Gasteiger partial charge in [-0.3, -0.25) is 9.10 Å². The third-order valence-electron chi connectivity index (χ3n) is 8.16. The number of furan rings is 1.